The van der Waals surface area contributed by atoms with Crippen LogP contribution in [0.1, 0.15) is 43.5 Å². The summed E-state index contributed by atoms with van der Waals surface area (Å²) in [7, 11) is 0. The van der Waals surface area contributed by atoms with E-state index in [4.69, 9.17) is 0 Å². The van der Waals surface area contributed by atoms with Gasteiger partial charge in [-0.1, -0.05) is 6.07 Å². The van der Waals surface area contributed by atoms with Crippen LogP contribution < -0.4 is 16.2 Å². The van der Waals surface area contributed by atoms with Gasteiger partial charge >= 0.3 is 6.18 Å². The summed E-state index contributed by atoms with van der Waals surface area (Å²) in [6, 6.07) is 8.04. The number of alkyl halides is 3. The second-order valence-electron chi connectivity index (χ2n) is 10.7. The molecule has 39 heavy (non-hydrogen) atoms. The molecule has 0 amide bonds. The number of halogens is 4. The Hall–Kier alpha value is -3.84. The summed E-state index contributed by atoms with van der Waals surface area (Å²) in [5.74, 6) is -1.02. The number of nitrogens with one attached hydrogen (secondary N) is 2. The third-order valence-corrected chi connectivity index (χ3v) is 7.20. The van der Waals surface area contributed by atoms with Crippen molar-refractivity contribution in [2.45, 2.75) is 57.0 Å². The number of hydrogen-bond donors (Lipinski definition) is 3. The molecule has 0 atom stereocenters. The number of benzene rings is 1. The number of anilines is 2. The zero-order valence-corrected chi connectivity index (χ0v) is 21.1. The Morgan fingerprint density at radius 2 is 1.92 bits per heavy atom. The molecule has 1 aliphatic heterocycles. The van der Waals surface area contributed by atoms with Crippen molar-refractivity contribution in [3.8, 4) is 5.82 Å². The lowest BCUT2D eigenvalue weighted by Crippen LogP contribution is -2.33. The first-order valence-corrected chi connectivity index (χ1v) is 12.4. The van der Waals surface area contributed by atoms with Gasteiger partial charge in [-0.3, -0.25) is 4.79 Å². The van der Waals surface area contributed by atoms with Crippen molar-refractivity contribution >= 4 is 22.7 Å². The van der Waals surface area contributed by atoms with Crippen LogP contribution in [0, 0.1) is 5.82 Å². The molecule has 1 aliphatic carbocycles. The van der Waals surface area contributed by atoms with Crippen LogP contribution in [-0.4, -0.2) is 42.1 Å². The molecule has 0 radical (unpaired) electrons. The highest BCUT2D eigenvalue weighted by Gasteiger charge is 2.46. The fraction of sp³-hybridized carbons (Fsp3) is 0.385. The van der Waals surface area contributed by atoms with Crippen molar-refractivity contribution in [1.29, 1.82) is 0 Å². The second-order valence-corrected chi connectivity index (χ2v) is 10.7. The Balaban J connectivity index is 1.46. The van der Waals surface area contributed by atoms with Crippen molar-refractivity contribution in [3.63, 3.8) is 0 Å². The van der Waals surface area contributed by atoms with E-state index in [9.17, 15) is 27.5 Å². The fourth-order valence-corrected chi connectivity index (χ4v) is 5.21. The molecule has 4 heterocycles. The molecule has 3 N–H and O–H groups in total. The maximum absolute atomic E-state index is 14.4. The highest BCUT2D eigenvalue weighted by Crippen LogP contribution is 2.50. The van der Waals surface area contributed by atoms with Crippen LogP contribution in [0.4, 0.5) is 29.2 Å². The number of fused-ring (bicyclic) bond motifs is 3. The summed E-state index contributed by atoms with van der Waals surface area (Å²) in [4.78, 5) is 25.6. The first-order chi connectivity index (χ1) is 18.3. The van der Waals surface area contributed by atoms with Crippen molar-refractivity contribution in [2.75, 3.05) is 11.9 Å². The molecule has 6 rings (SSSR count). The topological polar surface area (TPSA) is 110 Å². The third-order valence-electron chi connectivity index (χ3n) is 7.20. The first kappa shape index (κ1) is 25.4. The van der Waals surface area contributed by atoms with E-state index in [1.54, 1.807) is 0 Å². The van der Waals surface area contributed by atoms with Crippen LogP contribution in [0.3, 0.4) is 0 Å². The lowest BCUT2D eigenvalue weighted by molar-refractivity contribution is -0.144. The Bertz CT molecular complexity index is 1670. The Morgan fingerprint density at radius 3 is 2.62 bits per heavy atom. The van der Waals surface area contributed by atoms with Crippen molar-refractivity contribution in [1.82, 2.24) is 29.6 Å². The minimum atomic E-state index is -4.75. The van der Waals surface area contributed by atoms with Gasteiger partial charge in [-0.25, -0.2) is 23.7 Å². The van der Waals surface area contributed by atoms with E-state index in [1.807, 2.05) is 12.1 Å². The number of nitrogens with zero attached hydrogens (tertiary/aromatic N) is 5. The van der Waals surface area contributed by atoms with Gasteiger partial charge in [0.15, 0.2) is 11.5 Å². The fourth-order valence-electron chi connectivity index (χ4n) is 5.21. The molecular formula is C26H25F4N7O2. The van der Waals surface area contributed by atoms with E-state index in [-0.39, 0.29) is 28.2 Å². The molecule has 0 saturated heterocycles. The molecule has 204 valence electrons. The number of hydrogen-bond acceptors (Lipinski definition) is 7. The molecule has 13 heteroatoms. The van der Waals surface area contributed by atoms with Crippen molar-refractivity contribution in [2.24, 2.45) is 0 Å². The minimum Gasteiger partial charge on any atom is -0.384 e. The Kier molecular flexibility index (Phi) is 5.60. The van der Waals surface area contributed by atoms with Crippen LogP contribution in [-0.2, 0) is 24.1 Å². The molecular weight excluding hydrogens is 518 g/mol. The van der Waals surface area contributed by atoms with Gasteiger partial charge in [0.25, 0.3) is 5.56 Å². The molecule has 1 saturated carbocycles. The average Bonchev–Trinajstić information content (AvgIpc) is 3.57. The highest BCUT2D eigenvalue weighted by atomic mass is 19.4. The van der Waals surface area contributed by atoms with E-state index in [0.717, 1.165) is 48.0 Å². The van der Waals surface area contributed by atoms with Crippen LogP contribution >= 0.6 is 0 Å². The van der Waals surface area contributed by atoms with Crippen molar-refractivity contribution in [3.05, 3.63) is 69.5 Å². The van der Waals surface area contributed by atoms with E-state index >= 15 is 0 Å². The van der Waals surface area contributed by atoms with Crippen LogP contribution in [0.5, 0.6) is 0 Å². The van der Waals surface area contributed by atoms with Gasteiger partial charge in [0.05, 0.1) is 0 Å². The van der Waals surface area contributed by atoms with Crippen LogP contribution in [0.15, 0.2) is 41.3 Å². The summed E-state index contributed by atoms with van der Waals surface area (Å²) in [6.07, 6.45) is -1.33. The van der Waals surface area contributed by atoms with E-state index in [2.05, 4.69) is 31.7 Å². The molecule has 4 aromatic rings. The monoisotopic (exact) mass is 543 g/mol. The smallest absolute Gasteiger partial charge is 0.384 e. The van der Waals surface area contributed by atoms with Crippen LogP contribution in [0.25, 0.3) is 16.9 Å². The molecule has 0 bridgehead atoms. The summed E-state index contributed by atoms with van der Waals surface area (Å²) in [5, 5.41) is 16.7. The Morgan fingerprint density at radius 1 is 1.15 bits per heavy atom. The summed E-state index contributed by atoms with van der Waals surface area (Å²) in [6.45, 7) is 2.61. The predicted octanol–water partition coefficient (Wildman–Crippen LogP) is 3.78. The number of aromatic nitrogens is 5. The highest BCUT2D eigenvalue weighted by molar-refractivity contribution is 5.77. The predicted molar refractivity (Wildman–Crippen MR) is 135 cm³/mol. The molecule has 2 aliphatic rings. The number of aliphatic hydroxyl groups is 1. The average molecular weight is 544 g/mol. The summed E-state index contributed by atoms with van der Waals surface area (Å²) in [5.41, 5.74) is 0.0675. The molecule has 3 aromatic heterocycles. The minimum absolute atomic E-state index is 0.0510. The molecule has 9 nitrogen and oxygen atoms in total. The zero-order valence-electron chi connectivity index (χ0n) is 21.1. The van der Waals surface area contributed by atoms with Gasteiger partial charge in [0.1, 0.15) is 29.0 Å². The van der Waals surface area contributed by atoms with Gasteiger partial charge in [-0.2, -0.15) is 18.2 Å². The lowest BCUT2D eigenvalue weighted by atomic mass is 9.88. The number of pyridine rings is 1. The maximum Gasteiger partial charge on any atom is 0.408 e. The maximum atomic E-state index is 14.4. The van der Waals surface area contributed by atoms with E-state index in [0.29, 0.717) is 16.9 Å². The normalized spacial score (nSPS) is 16.5. The second kappa shape index (κ2) is 8.58. The van der Waals surface area contributed by atoms with Gasteiger partial charge in [-0.05, 0) is 62.1 Å². The van der Waals surface area contributed by atoms with Gasteiger partial charge in [0, 0.05) is 30.4 Å². The van der Waals surface area contributed by atoms with Gasteiger partial charge < -0.3 is 15.7 Å². The Labute approximate surface area is 219 Å². The molecule has 1 spiro atoms. The third kappa shape index (κ3) is 4.55. The van der Waals surface area contributed by atoms with E-state index < -0.39 is 35.4 Å². The molecule has 1 aromatic carbocycles. The van der Waals surface area contributed by atoms with E-state index in [1.165, 1.54) is 19.4 Å². The molecule has 1 fully saturated rings. The first-order valence-electron chi connectivity index (χ1n) is 12.4. The number of rotatable bonds is 5. The van der Waals surface area contributed by atoms with Gasteiger partial charge in [0.2, 0.25) is 5.95 Å². The summed E-state index contributed by atoms with van der Waals surface area (Å²) >= 11 is 0. The quantitative estimate of drug-likeness (QED) is 0.329. The van der Waals surface area contributed by atoms with Crippen molar-refractivity contribution < 1.29 is 22.7 Å². The summed E-state index contributed by atoms with van der Waals surface area (Å²) < 4.78 is 56.2. The van der Waals surface area contributed by atoms with Crippen LogP contribution in [0.2, 0.25) is 0 Å². The van der Waals surface area contributed by atoms with Gasteiger partial charge in [-0.15, -0.1) is 0 Å². The largest absolute Gasteiger partial charge is 0.408 e. The lowest BCUT2D eigenvalue weighted by Gasteiger charge is -2.26. The standard InChI is InChI=1S/C26H25F4N7O2/c1-24(2,39)20-18(27)5-6-19(34-20)37-21-16(22(38)36(37)13-26(28,29)30)11-32-23(35-21)33-15-3-4-17-14(9-15)10-31-12-25(17)7-8-25/h3-6,9,11,31,39H,7-8,10,12-13H2,1-2H3,(H,32,33,35). The SMILES string of the molecule is CC(C)(O)c1nc(-n2c3nc(Nc4ccc5c(c4)CNCC54CC4)ncc3c(=O)n2CC(F)(F)F)ccc1F. The zero-order chi connectivity index (χ0) is 27.7. The molecule has 0 unspecified atom stereocenters.